The summed E-state index contributed by atoms with van der Waals surface area (Å²) in [6.45, 7) is 0.594. The van der Waals surface area contributed by atoms with Gasteiger partial charge in [0.05, 0.1) is 6.61 Å². The molecule has 0 aliphatic heterocycles. The van der Waals surface area contributed by atoms with E-state index in [0.717, 1.165) is 0 Å². The van der Waals surface area contributed by atoms with Gasteiger partial charge in [0.2, 0.25) is 6.35 Å². The van der Waals surface area contributed by atoms with Gasteiger partial charge in [0, 0.05) is 32.6 Å². The first-order valence-corrected chi connectivity index (χ1v) is 13.3. The molecule has 0 atom stereocenters. The zero-order chi connectivity index (χ0) is 36.0. The highest BCUT2D eigenvalue weighted by atomic mass is 19.2. The molecule has 1 heterocycles. The molecule has 0 aliphatic carbocycles. The fourth-order valence-electron chi connectivity index (χ4n) is 5.30. The first kappa shape index (κ1) is 36.6. The molecule has 0 amide bonds. The van der Waals surface area contributed by atoms with Gasteiger partial charge in [0.1, 0.15) is 41.5 Å². The van der Waals surface area contributed by atoms with E-state index in [1.807, 2.05) is 0 Å². The molecule has 0 N–H and O–H groups in total. The van der Waals surface area contributed by atoms with Crippen molar-refractivity contribution in [3.63, 3.8) is 0 Å². The van der Waals surface area contributed by atoms with Crippen molar-refractivity contribution in [1.29, 1.82) is 0 Å². The van der Waals surface area contributed by atoms with Crippen molar-refractivity contribution < 1.29 is 79.8 Å². The standard InChI is InChI=1S/C29H17BF15NO2/c1-10-4-3-5-11(2)46(10)6-7-47-8-9-48-30(12-15(31)21(37)27(43)22(38)16(12)32,13-17(33)23(39)28(44)24(40)18(13)34)14-19(35)25(41)29(45)26(42)20(14)36/h3-5H,6-9H2,1-2H3. The summed E-state index contributed by atoms with van der Waals surface area (Å²) < 4.78 is 233. The van der Waals surface area contributed by atoms with Crippen LogP contribution in [0.1, 0.15) is 11.4 Å². The van der Waals surface area contributed by atoms with Gasteiger partial charge in [-0.25, -0.2) is 65.9 Å². The Kier molecular flexibility index (Phi) is 10.4. The summed E-state index contributed by atoms with van der Waals surface area (Å²) >= 11 is 0. The number of halogens is 15. The first-order valence-electron chi connectivity index (χ1n) is 13.3. The zero-order valence-corrected chi connectivity index (χ0v) is 24.1. The van der Waals surface area contributed by atoms with Crippen LogP contribution in [-0.2, 0) is 15.9 Å². The lowest BCUT2D eigenvalue weighted by atomic mass is 9.27. The van der Waals surface area contributed by atoms with Crippen molar-refractivity contribution >= 4 is 22.7 Å². The largest absolute Gasteiger partial charge is 0.577 e. The summed E-state index contributed by atoms with van der Waals surface area (Å²) in [5.74, 6) is -46.6. The Morgan fingerprint density at radius 2 is 0.729 bits per heavy atom. The fourth-order valence-corrected chi connectivity index (χ4v) is 5.30. The molecular formula is C29H17BF15NO2. The maximum Gasteiger partial charge on any atom is 0.216 e. The molecule has 4 aromatic rings. The van der Waals surface area contributed by atoms with Crippen LogP contribution in [0.3, 0.4) is 0 Å². The van der Waals surface area contributed by atoms with E-state index in [1.54, 1.807) is 36.6 Å². The number of pyridine rings is 1. The first-order chi connectivity index (χ1) is 22.4. The summed E-state index contributed by atoms with van der Waals surface area (Å²) in [6.07, 6.45) is -6.08. The SMILES string of the molecule is Cc1cccc(C)[n+]1CCOCCO[B-](c1c(F)c(F)c(F)c(F)c1F)(c1c(F)c(F)c(F)c(F)c1F)c1c(F)c(F)c(F)c(F)c1F. The summed E-state index contributed by atoms with van der Waals surface area (Å²) in [5.41, 5.74) is -7.14. The molecule has 0 saturated heterocycles. The van der Waals surface area contributed by atoms with Crippen LogP contribution >= 0.6 is 0 Å². The smallest absolute Gasteiger partial charge is 0.216 e. The van der Waals surface area contributed by atoms with Crippen LogP contribution in [0.5, 0.6) is 0 Å². The minimum absolute atomic E-state index is 0.0434. The normalized spacial score (nSPS) is 11.9. The number of aryl methyl sites for hydroxylation is 2. The van der Waals surface area contributed by atoms with Crippen molar-refractivity contribution in [2.24, 2.45) is 0 Å². The topological polar surface area (TPSA) is 22.3 Å². The van der Waals surface area contributed by atoms with E-state index in [0.29, 0.717) is 11.4 Å². The third-order valence-electron chi connectivity index (χ3n) is 7.53. The molecule has 48 heavy (non-hydrogen) atoms. The van der Waals surface area contributed by atoms with Gasteiger partial charge in [0.25, 0.3) is 0 Å². The molecule has 0 radical (unpaired) electrons. The number of ether oxygens (including phenoxy) is 1. The molecule has 0 aliphatic rings. The summed E-state index contributed by atoms with van der Waals surface area (Å²) in [5, 5.41) is 0. The maximum atomic E-state index is 15.4. The quantitative estimate of drug-likeness (QED) is 0.0553. The van der Waals surface area contributed by atoms with Gasteiger partial charge in [-0.2, -0.15) is 4.57 Å². The summed E-state index contributed by atoms with van der Waals surface area (Å²) in [7, 11) is 0. The number of aromatic nitrogens is 1. The van der Waals surface area contributed by atoms with Gasteiger partial charge in [-0.05, 0) is 6.07 Å². The highest BCUT2D eigenvalue weighted by molar-refractivity contribution is 7.07. The van der Waals surface area contributed by atoms with Gasteiger partial charge in [-0.1, -0.05) is 16.4 Å². The van der Waals surface area contributed by atoms with Crippen molar-refractivity contribution in [3.8, 4) is 0 Å². The van der Waals surface area contributed by atoms with Gasteiger partial charge in [-0.15, -0.1) is 0 Å². The molecule has 3 aromatic carbocycles. The Morgan fingerprint density at radius 1 is 0.438 bits per heavy atom. The molecule has 19 heteroatoms. The second-order valence-electron chi connectivity index (χ2n) is 10.2. The van der Waals surface area contributed by atoms with Gasteiger partial charge in [0.15, 0.2) is 70.3 Å². The van der Waals surface area contributed by atoms with Crippen LogP contribution < -0.4 is 21.0 Å². The van der Waals surface area contributed by atoms with E-state index in [1.165, 1.54) is 0 Å². The fraction of sp³-hybridized carbons (Fsp3) is 0.207. The lowest BCUT2D eigenvalue weighted by molar-refractivity contribution is -0.710. The van der Waals surface area contributed by atoms with Crippen molar-refractivity contribution in [2.75, 3.05) is 19.8 Å². The van der Waals surface area contributed by atoms with Gasteiger partial charge < -0.3 is 9.39 Å². The molecule has 0 bridgehead atoms. The van der Waals surface area contributed by atoms with E-state index in [2.05, 4.69) is 0 Å². The number of nitrogens with zero attached hydrogens (tertiary/aromatic N) is 1. The van der Waals surface area contributed by atoms with E-state index in [-0.39, 0.29) is 13.2 Å². The second-order valence-corrected chi connectivity index (χ2v) is 10.2. The highest BCUT2D eigenvalue weighted by Crippen LogP contribution is 2.28. The van der Waals surface area contributed by atoms with Crippen LogP contribution in [0.2, 0.25) is 0 Å². The van der Waals surface area contributed by atoms with Crippen LogP contribution in [0.4, 0.5) is 65.9 Å². The third-order valence-corrected chi connectivity index (χ3v) is 7.53. The maximum absolute atomic E-state index is 15.4. The Bertz CT molecular complexity index is 1660. The Balaban J connectivity index is 2.05. The number of hydrogen-bond donors (Lipinski definition) is 0. The van der Waals surface area contributed by atoms with Crippen molar-refractivity contribution in [1.82, 2.24) is 0 Å². The van der Waals surface area contributed by atoms with Gasteiger partial charge >= 0.3 is 0 Å². The lowest BCUT2D eigenvalue weighted by Crippen LogP contribution is -2.75. The monoisotopic (exact) mass is 707 g/mol. The second kappa shape index (κ2) is 13.7. The van der Waals surface area contributed by atoms with Crippen LogP contribution in [-0.4, -0.2) is 26.2 Å². The van der Waals surface area contributed by atoms with Crippen LogP contribution in [0.25, 0.3) is 0 Å². The molecular weight excluding hydrogens is 690 g/mol. The summed E-state index contributed by atoms with van der Waals surface area (Å²) in [4.78, 5) is 0. The highest BCUT2D eigenvalue weighted by Gasteiger charge is 2.49. The molecule has 4 rings (SSSR count). The molecule has 258 valence electrons. The molecule has 1 aromatic heterocycles. The third kappa shape index (κ3) is 5.75. The van der Waals surface area contributed by atoms with E-state index < -0.39 is 123 Å². The molecule has 0 fully saturated rings. The number of benzene rings is 3. The number of rotatable bonds is 10. The Morgan fingerprint density at radius 3 is 1.04 bits per heavy atom. The predicted molar refractivity (Wildman–Crippen MR) is 136 cm³/mol. The van der Waals surface area contributed by atoms with Crippen molar-refractivity contribution in [2.45, 2.75) is 20.4 Å². The van der Waals surface area contributed by atoms with E-state index >= 15 is 26.3 Å². The lowest BCUT2D eigenvalue weighted by Gasteiger charge is -2.44. The Hall–Kier alpha value is -4.26. The van der Waals surface area contributed by atoms with Gasteiger partial charge in [-0.3, -0.25) is 0 Å². The molecule has 0 saturated carbocycles. The average Bonchev–Trinajstić information content (AvgIpc) is 3.05. The Labute approximate surface area is 260 Å². The van der Waals surface area contributed by atoms with E-state index in [9.17, 15) is 39.5 Å². The minimum Gasteiger partial charge on any atom is -0.577 e. The molecule has 3 nitrogen and oxygen atoms in total. The van der Waals surface area contributed by atoms with E-state index in [4.69, 9.17) is 9.39 Å². The molecule has 0 unspecified atom stereocenters. The van der Waals surface area contributed by atoms with Crippen molar-refractivity contribution in [3.05, 3.63) is 117 Å². The van der Waals surface area contributed by atoms with Crippen LogP contribution in [0.15, 0.2) is 18.2 Å². The zero-order valence-electron chi connectivity index (χ0n) is 24.1. The van der Waals surface area contributed by atoms with Crippen LogP contribution in [0, 0.1) is 101 Å². The minimum atomic E-state index is -6.08. The average molecular weight is 707 g/mol. The predicted octanol–water partition coefficient (Wildman–Crippen LogP) is 5.38. The molecule has 0 spiro atoms. The summed E-state index contributed by atoms with van der Waals surface area (Å²) in [6, 6.07) is 5.08. The number of hydrogen-bond acceptors (Lipinski definition) is 2.